The molecule has 17 heavy (non-hydrogen) atoms. The highest BCUT2D eigenvalue weighted by Gasteiger charge is 2.32. The van der Waals surface area contributed by atoms with Crippen molar-refractivity contribution < 1.29 is 9.90 Å². The maximum absolute atomic E-state index is 11.3. The van der Waals surface area contributed by atoms with Crippen LogP contribution in [0, 0.1) is 0 Å². The minimum absolute atomic E-state index is 0.290. The molecule has 1 aliphatic heterocycles. The Balaban J connectivity index is 1.91. The monoisotopic (exact) mass is 240 g/mol. The fourth-order valence-electron chi connectivity index (χ4n) is 2.79. The molecule has 2 unspecified atom stereocenters. The lowest BCUT2D eigenvalue weighted by molar-refractivity contribution is -0.145. The topological polar surface area (TPSA) is 52.6 Å². The molecule has 0 amide bonds. The minimum atomic E-state index is -0.661. The highest BCUT2D eigenvalue weighted by molar-refractivity contribution is 5.73. The van der Waals surface area contributed by atoms with Crippen LogP contribution in [0.15, 0.2) is 0 Å². The van der Waals surface area contributed by atoms with Crippen LogP contribution < -0.4 is 5.32 Å². The Morgan fingerprint density at radius 3 is 2.76 bits per heavy atom. The Morgan fingerprint density at radius 2 is 2.18 bits per heavy atom. The number of likely N-dealkylation sites (tertiary alicyclic amines) is 1. The van der Waals surface area contributed by atoms with Gasteiger partial charge in [-0.25, -0.2) is 0 Å². The smallest absolute Gasteiger partial charge is 0.320 e. The van der Waals surface area contributed by atoms with Crippen molar-refractivity contribution in [3.8, 4) is 0 Å². The predicted octanol–water partition coefficient (Wildman–Crippen LogP) is 1.46. The van der Waals surface area contributed by atoms with Crippen molar-refractivity contribution in [2.75, 3.05) is 13.1 Å². The Kier molecular flexibility index (Phi) is 4.40. The molecule has 1 aliphatic carbocycles. The summed E-state index contributed by atoms with van der Waals surface area (Å²) in [4.78, 5) is 13.5. The largest absolute Gasteiger partial charge is 0.480 e. The van der Waals surface area contributed by atoms with E-state index in [0.717, 1.165) is 25.9 Å². The van der Waals surface area contributed by atoms with Crippen molar-refractivity contribution >= 4 is 5.97 Å². The number of hydrogen-bond acceptors (Lipinski definition) is 3. The molecule has 1 saturated heterocycles. The molecule has 4 heteroatoms. The molecule has 1 saturated carbocycles. The summed E-state index contributed by atoms with van der Waals surface area (Å²) in [5.74, 6) is -0.661. The molecule has 0 spiro atoms. The van der Waals surface area contributed by atoms with Gasteiger partial charge < -0.3 is 10.4 Å². The van der Waals surface area contributed by atoms with Crippen molar-refractivity contribution in [2.24, 2.45) is 0 Å². The van der Waals surface area contributed by atoms with E-state index in [9.17, 15) is 9.90 Å². The fraction of sp³-hybridized carbons (Fsp3) is 0.923. The van der Waals surface area contributed by atoms with Crippen molar-refractivity contribution in [1.29, 1.82) is 0 Å². The molecule has 0 bridgehead atoms. The van der Waals surface area contributed by atoms with Crippen molar-refractivity contribution in [1.82, 2.24) is 10.2 Å². The molecular formula is C13H24N2O2. The summed E-state index contributed by atoms with van der Waals surface area (Å²) < 4.78 is 0. The van der Waals surface area contributed by atoms with Crippen LogP contribution in [0.1, 0.15) is 45.4 Å². The highest BCUT2D eigenvalue weighted by atomic mass is 16.4. The molecule has 2 fully saturated rings. The third-order valence-corrected chi connectivity index (χ3v) is 3.96. The molecule has 2 atom stereocenters. The Morgan fingerprint density at radius 1 is 1.41 bits per heavy atom. The summed E-state index contributed by atoms with van der Waals surface area (Å²) >= 11 is 0. The summed E-state index contributed by atoms with van der Waals surface area (Å²) in [5.41, 5.74) is 0. The summed E-state index contributed by atoms with van der Waals surface area (Å²) in [6.45, 7) is 3.88. The van der Waals surface area contributed by atoms with Gasteiger partial charge in [0, 0.05) is 18.6 Å². The zero-order valence-corrected chi connectivity index (χ0v) is 10.7. The van der Waals surface area contributed by atoms with Crippen LogP contribution in [0.25, 0.3) is 0 Å². The van der Waals surface area contributed by atoms with Gasteiger partial charge in [-0.2, -0.15) is 0 Å². The van der Waals surface area contributed by atoms with E-state index in [2.05, 4.69) is 10.2 Å². The number of carboxylic acids is 1. The van der Waals surface area contributed by atoms with Crippen LogP contribution in [0.4, 0.5) is 0 Å². The molecule has 0 aromatic carbocycles. The van der Waals surface area contributed by atoms with Gasteiger partial charge in [-0.1, -0.05) is 13.3 Å². The van der Waals surface area contributed by atoms with Crippen LogP contribution in [-0.4, -0.2) is 47.2 Å². The van der Waals surface area contributed by atoms with Gasteiger partial charge in [-0.05, 0) is 38.6 Å². The lowest BCUT2D eigenvalue weighted by atomic mass is 9.98. The molecule has 98 valence electrons. The lowest BCUT2D eigenvalue weighted by Crippen LogP contribution is -2.53. The number of carboxylic acid groups (broad SMARTS) is 1. The Bertz CT molecular complexity index is 266. The molecular weight excluding hydrogens is 216 g/mol. The number of rotatable bonds is 6. The van der Waals surface area contributed by atoms with E-state index in [1.54, 1.807) is 0 Å². The van der Waals surface area contributed by atoms with Crippen LogP contribution >= 0.6 is 0 Å². The molecule has 1 heterocycles. The van der Waals surface area contributed by atoms with Gasteiger partial charge in [0.05, 0.1) is 0 Å². The number of carbonyl (C=O) groups is 1. The normalized spacial score (nSPS) is 27.9. The molecule has 0 aromatic rings. The Hall–Kier alpha value is -0.610. The molecule has 2 aliphatic rings. The van der Waals surface area contributed by atoms with E-state index in [-0.39, 0.29) is 6.04 Å². The second-order valence-corrected chi connectivity index (χ2v) is 5.33. The zero-order valence-electron chi connectivity index (χ0n) is 10.7. The SMILES string of the molecule is CCC(C(=O)O)N1CCCCC1CNC1CC1. The standard InChI is InChI=1S/C13H24N2O2/c1-2-12(13(16)17)15-8-4-3-5-11(15)9-14-10-6-7-10/h10-12,14H,2-9H2,1H3,(H,16,17). The van der Waals surface area contributed by atoms with Gasteiger partial charge in [0.2, 0.25) is 0 Å². The van der Waals surface area contributed by atoms with E-state index in [1.807, 2.05) is 6.92 Å². The summed E-state index contributed by atoms with van der Waals surface area (Å²) in [5, 5.41) is 12.8. The van der Waals surface area contributed by atoms with E-state index in [4.69, 9.17) is 0 Å². The van der Waals surface area contributed by atoms with Crippen molar-refractivity contribution in [3.05, 3.63) is 0 Å². The van der Waals surface area contributed by atoms with Gasteiger partial charge in [0.15, 0.2) is 0 Å². The second-order valence-electron chi connectivity index (χ2n) is 5.33. The van der Waals surface area contributed by atoms with E-state index < -0.39 is 5.97 Å². The molecule has 2 N–H and O–H groups in total. The zero-order chi connectivity index (χ0) is 12.3. The highest BCUT2D eigenvalue weighted by Crippen LogP contribution is 2.23. The molecule has 0 radical (unpaired) electrons. The molecule has 0 aromatic heterocycles. The van der Waals surface area contributed by atoms with E-state index >= 15 is 0 Å². The summed E-state index contributed by atoms with van der Waals surface area (Å²) in [6.07, 6.45) is 6.82. The van der Waals surface area contributed by atoms with Gasteiger partial charge in [0.25, 0.3) is 0 Å². The van der Waals surface area contributed by atoms with Crippen LogP contribution in [0.2, 0.25) is 0 Å². The number of hydrogen-bond donors (Lipinski definition) is 2. The Labute approximate surface area is 103 Å². The van der Waals surface area contributed by atoms with Crippen molar-refractivity contribution in [2.45, 2.75) is 63.6 Å². The maximum atomic E-state index is 11.3. The lowest BCUT2D eigenvalue weighted by Gasteiger charge is -2.39. The second kappa shape index (κ2) is 5.83. The first-order valence-corrected chi connectivity index (χ1v) is 6.94. The minimum Gasteiger partial charge on any atom is -0.480 e. The van der Waals surface area contributed by atoms with Gasteiger partial charge >= 0.3 is 5.97 Å². The van der Waals surface area contributed by atoms with E-state index in [1.165, 1.54) is 19.3 Å². The third-order valence-electron chi connectivity index (χ3n) is 3.96. The molecule has 2 rings (SSSR count). The fourth-order valence-corrected chi connectivity index (χ4v) is 2.79. The van der Waals surface area contributed by atoms with Gasteiger partial charge in [-0.15, -0.1) is 0 Å². The third kappa shape index (κ3) is 3.42. The summed E-state index contributed by atoms with van der Waals surface area (Å²) in [7, 11) is 0. The van der Waals surface area contributed by atoms with E-state index in [0.29, 0.717) is 18.5 Å². The van der Waals surface area contributed by atoms with Crippen LogP contribution in [-0.2, 0) is 4.79 Å². The van der Waals surface area contributed by atoms with Crippen LogP contribution in [0.5, 0.6) is 0 Å². The summed E-state index contributed by atoms with van der Waals surface area (Å²) in [6, 6.07) is 0.843. The first-order valence-electron chi connectivity index (χ1n) is 6.94. The number of aliphatic carboxylic acids is 1. The van der Waals surface area contributed by atoms with Crippen LogP contribution in [0.3, 0.4) is 0 Å². The van der Waals surface area contributed by atoms with Crippen molar-refractivity contribution in [3.63, 3.8) is 0 Å². The predicted molar refractivity (Wildman–Crippen MR) is 67.1 cm³/mol. The van der Waals surface area contributed by atoms with Gasteiger partial charge in [0.1, 0.15) is 6.04 Å². The number of nitrogens with one attached hydrogen (secondary N) is 1. The average Bonchev–Trinajstić information content (AvgIpc) is 3.12. The average molecular weight is 240 g/mol. The number of nitrogens with zero attached hydrogens (tertiary/aromatic N) is 1. The first kappa shape index (κ1) is 12.8. The quantitative estimate of drug-likeness (QED) is 0.738. The maximum Gasteiger partial charge on any atom is 0.320 e. The first-order chi connectivity index (χ1) is 8.22. The number of piperidine rings is 1. The molecule has 4 nitrogen and oxygen atoms in total. The van der Waals surface area contributed by atoms with Gasteiger partial charge in [-0.3, -0.25) is 9.69 Å².